The average molecular weight is 297 g/mol. The van der Waals surface area contributed by atoms with Gasteiger partial charge in [-0.05, 0) is 43.2 Å². The maximum absolute atomic E-state index is 13.9. The molecule has 2 rings (SSSR count). The van der Waals surface area contributed by atoms with E-state index in [9.17, 15) is 4.39 Å². The predicted octanol–water partition coefficient (Wildman–Crippen LogP) is 3.92. The van der Waals surface area contributed by atoms with Crippen LogP contribution in [0.15, 0.2) is 46.5 Å². The van der Waals surface area contributed by atoms with E-state index in [0.717, 1.165) is 5.56 Å². The number of aromatic nitrogens is 1. The lowest BCUT2D eigenvalue weighted by Crippen LogP contribution is -2.17. The summed E-state index contributed by atoms with van der Waals surface area (Å²) in [4.78, 5) is 4.67. The summed E-state index contributed by atoms with van der Waals surface area (Å²) >= 11 is 7.03. The third kappa shape index (κ3) is 4.20. The van der Waals surface area contributed by atoms with Gasteiger partial charge in [0.1, 0.15) is 10.8 Å². The first-order chi connectivity index (χ1) is 9.04. The van der Waals surface area contributed by atoms with E-state index in [4.69, 9.17) is 17.3 Å². The van der Waals surface area contributed by atoms with Gasteiger partial charge in [-0.25, -0.2) is 9.37 Å². The zero-order chi connectivity index (χ0) is 13.8. The minimum atomic E-state index is -0.250. The molecule has 5 heteroatoms. The molecule has 0 radical (unpaired) electrons. The van der Waals surface area contributed by atoms with Gasteiger partial charge in [0.15, 0.2) is 0 Å². The van der Waals surface area contributed by atoms with E-state index in [2.05, 4.69) is 4.98 Å². The molecule has 1 unspecified atom stereocenters. The van der Waals surface area contributed by atoms with Crippen LogP contribution in [-0.2, 0) is 6.42 Å². The van der Waals surface area contributed by atoms with Gasteiger partial charge in [0.2, 0.25) is 0 Å². The Morgan fingerprint density at radius 3 is 2.74 bits per heavy atom. The average Bonchev–Trinajstić information content (AvgIpc) is 2.34. The summed E-state index contributed by atoms with van der Waals surface area (Å²) in [6, 6.07) is 8.71. The van der Waals surface area contributed by atoms with Gasteiger partial charge in [0, 0.05) is 17.1 Å². The maximum Gasteiger partial charge on any atom is 0.137 e. The first kappa shape index (κ1) is 14.3. The molecular weight excluding hydrogens is 283 g/mol. The van der Waals surface area contributed by atoms with Gasteiger partial charge in [-0.3, -0.25) is 0 Å². The van der Waals surface area contributed by atoms with Gasteiger partial charge in [-0.15, -0.1) is 0 Å². The second-order valence-electron chi connectivity index (χ2n) is 4.36. The molecule has 2 nitrogen and oxygen atoms in total. The second kappa shape index (κ2) is 6.37. The zero-order valence-electron chi connectivity index (χ0n) is 10.4. The topological polar surface area (TPSA) is 38.9 Å². The molecule has 0 amide bonds. The first-order valence-electron chi connectivity index (χ1n) is 5.88. The number of pyridine rings is 1. The molecule has 1 atom stereocenters. The van der Waals surface area contributed by atoms with Crippen LogP contribution < -0.4 is 5.73 Å². The van der Waals surface area contributed by atoms with Gasteiger partial charge in [-0.1, -0.05) is 29.4 Å². The Balaban J connectivity index is 2.15. The van der Waals surface area contributed by atoms with Crippen molar-refractivity contribution in [2.75, 3.05) is 0 Å². The SMILES string of the molecule is CC(N)Cc1ccc(Sc2ccc(Cl)cn2)c(F)c1. The molecule has 2 aromatic rings. The number of nitrogens with zero attached hydrogens (tertiary/aromatic N) is 1. The molecule has 1 heterocycles. The summed E-state index contributed by atoms with van der Waals surface area (Å²) in [6.07, 6.45) is 2.22. The lowest BCUT2D eigenvalue weighted by molar-refractivity contribution is 0.597. The van der Waals surface area contributed by atoms with Crippen LogP contribution in [0.2, 0.25) is 5.02 Å². The predicted molar refractivity (Wildman–Crippen MR) is 77.1 cm³/mol. The molecule has 0 aliphatic rings. The number of nitrogens with two attached hydrogens (primary N) is 1. The fraction of sp³-hybridized carbons (Fsp3) is 0.214. The molecule has 0 aliphatic carbocycles. The molecule has 1 aromatic carbocycles. The third-order valence-corrected chi connectivity index (χ3v) is 3.69. The smallest absolute Gasteiger partial charge is 0.137 e. The molecule has 0 saturated carbocycles. The van der Waals surface area contributed by atoms with Gasteiger partial charge in [0.25, 0.3) is 0 Å². The van der Waals surface area contributed by atoms with E-state index in [1.54, 1.807) is 24.4 Å². The minimum Gasteiger partial charge on any atom is -0.328 e. The highest BCUT2D eigenvalue weighted by Gasteiger charge is 2.07. The quantitative estimate of drug-likeness (QED) is 0.929. The maximum atomic E-state index is 13.9. The zero-order valence-corrected chi connectivity index (χ0v) is 12.0. The van der Waals surface area contributed by atoms with Crippen LogP contribution in [0.25, 0.3) is 0 Å². The van der Waals surface area contributed by atoms with Crippen molar-refractivity contribution in [3.63, 3.8) is 0 Å². The Bertz CT molecular complexity index is 558. The van der Waals surface area contributed by atoms with E-state index >= 15 is 0 Å². The van der Waals surface area contributed by atoms with Crippen molar-refractivity contribution in [2.24, 2.45) is 5.73 Å². The Labute approximate surface area is 121 Å². The molecular formula is C14H14ClFN2S. The summed E-state index contributed by atoms with van der Waals surface area (Å²) in [5.41, 5.74) is 6.60. The van der Waals surface area contributed by atoms with Gasteiger partial charge in [0.05, 0.1) is 5.02 Å². The molecule has 19 heavy (non-hydrogen) atoms. The van der Waals surface area contributed by atoms with Crippen LogP contribution in [0, 0.1) is 5.82 Å². The van der Waals surface area contributed by atoms with Crippen molar-refractivity contribution in [2.45, 2.75) is 29.3 Å². The highest BCUT2D eigenvalue weighted by molar-refractivity contribution is 7.99. The van der Waals surface area contributed by atoms with Crippen molar-refractivity contribution >= 4 is 23.4 Å². The summed E-state index contributed by atoms with van der Waals surface area (Å²) in [5, 5.41) is 1.28. The third-order valence-electron chi connectivity index (χ3n) is 2.47. The van der Waals surface area contributed by atoms with Crippen LogP contribution in [0.5, 0.6) is 0 Å². The molecule has 0 saturated heterocycles. The highest BCUT2D eigenvalue weighted by Crippen LogP contribution is 2.29. The number of hydrogen-bond donors (Lipinski definition) is 1. The van der Waals surface area contributed by atoms with E-state index in [1.165, 1.54) is 17.8 Å². The van der Waals surface area contributed by atoms with Crippen molar-refractivity contribution < 1.29 is 4.39 Å². The van der Waals surface area contributed by atoms with Crippen LogP contribution >= 0.6 is 23.4 Å². The molecule has 0 aliphatic heterocycles. The van der Waals surface area contributed by atoms with E-state index in [1.807, 2.05) is 13.0 Å². The Morgan fingerprint density at radius 2 is 2.16 bits per heavy atom. The molecule has 2 N–H and O–H groups in total. The lowest BCUT2D eigenvalue weighted by Gasteiger charge is -2.08. The standard InChI is InChI=1S/C14H14ClFN2S/c1-9(17)6-10-2-4-13(12(16)7-10)19-14-5-3-11(15)8-18-14/h2-5,7-9H,6,17H2,1H3. The largest absolute Gasteiger partial charge is 0.328 e. The Kier molecular flexibility index (Phi) is 4.80. The van der Waals surface area contributed by atoms with Crippen molar-refractivity contribution in [1.29, 1.82) is 0 Å². The number of rotatable bonds is 4. The van der Waals surface area contributed by atoms with Gasteiger partial charge in [-0.2, -0.15) is 0 Å². The molecule has 100 valence electrons. The Morgan fingerprint density at radius 1 is 1.37 bits per heavy atom. The molecule has 1 aromatic heterocycles. The Hall–Kier alpha value is -1.10. The van der Waals surface area contributed by atoms with Crippen molar-refractivity contribution in [3.05, 3.63) is 52.9 Å². The fourth-order valence-electron chi connectivity index (χ4n) is 1.66. The number of hydrogen-bond acceptors (Lipinski definition) is 3. The first-order valence-corrected chi connectivity index (χ1v) is 7.07. The van der Waals surface area contributed by atoms with Crippen molar-refractivity contribution in [1.82, 2.24) is 4.98 Å². The molecule has 0 fully saturated rings. The number of halogens is 2. The van der Waals surface area contributed by atoms with E-state index < -0.39 is 0 Å². The summed E-state index contributed by atoms with van der Waals surface area (Å²) in [6.45, 7) is 1.90. The second-order valence-corrected chi connectivity index (χ2v) is 5.86. The summed E-state index contributed by atoms with van der Waals surface area (Å²) in [5.74, 6) is -0.250. The fourth-order valence-corrected chi connectivity index (χ4v) is 2.53. The molecule has 0 bridgehead atoms. The van der Waals surface area contributed by atoms with E-state index in [-0.39, 0.29) is 11.9 Å². The monoisotopic (exact) mass is 296 g/mol. The van der Waals surface area contributed by atoms with Crippen LogP contribution in [0.4, 0.5) is 4.39 Å². The van der Waals surface area contributed by atoms with Crippen molar-refractivity contribution in [3.8, 4) is 0 Å². The highest BCUT2D eigenvalue weighted by atomic mass is 35.5. The molecule has 0 spiro atoms. The van der Waals surface area contributed by atoms with Gasteiger partial charge < -0.3 is 5.73 Å². The number of benzene rings is 1. The van der Waals surface area contributed by atoms with Crippen LogP contribution in [0.1, 0.15) is 12.5 Å². The van der Waals surface area contributed by atoms with E-state index in [0.29, 0.717) is 21.4 Å². The van der Waals surface area contributed by atoms with Crippen LogP contribution in [0.3, 0.4) is 0 Å². The minimum absolute atomic E-state index is 0.0239. The van der Waals surface area contributed by atoms with Gasteiger partial charge >= 0.3 is 0 Å². The summed E-state index contributed by atoms with van der Waals surface area (Å²) < 4.78 is 13.9. The summed E-state index contributed by atoms with van der Waals surface area (Å²) in [7, 11) is 0. The van der Waals surface area contributed by atoms with Crippen LogP contribution in [-0.4, -0.2) is 11.0 Å². The normalized spacial score (nSPS) is 12.4. The lowest BCUT2D eigenvalue weighted by atomic mass is 10.1.